The van der Waals surface area contributed by atoms with Gasteiger partial charge in [-0.15, -0.1) is 0 Å². The average molecular weight is 535 g/mol. The molecule has 0 heterocycles. The van der Waals surface area contributed by atoms with E-state index >= 15 is 0 Å². The summed E-state index contributed by atoms with van der Waals surface area (Å²) in [6, 6.07) is 0. The monoisotopic (exact) mass is 534 g/mol. The van der Waals surface area contributed by atoms with Crippen molar-refractivity contribution < 1.29 is 40.2 Å². The van der Waals surface area contributed by atoms with Crippen LogP contribution in [0.25, 0.3) is 0 Å². The van der Waals surface area contributed by atoms with Crippen molar-refractivity contribution in [2.45, 2.75) is 166 Å². The van der Waals surface area contributed by atoms with E-state index in [-0.39, 0.29) is 0 Å². The maximum Gasteiger partial charge on any atom is 0.335 e. The van der Waals surface area contributed by atoms with E-state index in [0.717, 1.165) is 12.8 Å². The molecule has 0 aromatic rings. The Labute approximate surface area is 225 Å². The highest BCUT2D eigenvalue weighted by Gasteiger charge is 2.29. The van der Waals surface area contributed by atoms with Gasteiger partial charge in [-0.3, -0.25) is 4.79 Å². The molecule has 8 heteroatoms. The minimum absolute atomic E-state index is 0.346. The summed E-state index contributed by atoms with van der Waals surface area (Å²) in [6.45, 7) is 1.49. The van der Waals surface area contributed by atoms with E-state index in [1.54, 1.807) is 0 Å². The molecular weight excluding hydrogens is 476 g/mol. The van der Waals surface area contributed by atoms with Gasteiger partial charge in [0.05, 0.1) is 6.61 Å². The molecule has 0 aliphatic rings. The Morgan fingerprint density at radius 3 is 1.08 bits per heavy atom. The molecule has 0 aromatic heterocycles. The lowest BCUT2D eigenvalue weighted by molar-refractivity contribution is -0.159. The fourth-order valence-corrected chi connectivity index (χ4v) is 4.17. The lowest BCUT2D eigenvalue weighted by Crippen LogP contribution is -2.43. The highest BCUT2D eigenvalue weighted by Crippen LogP contribution is 2.15. The summed E-state index contributed by atoms with van der Waals surface area (Å²) in [5.41, 5.74) is 0. The topological polar surface area (TPSA) is 156 Å². The lowest BCUT2D eigenvalue weighted by Gasteiger charge is -2.17. The summed E-state index contributed by atoms with van der Waals surface area (Å²) in [5, 5.41) is 50.8. The van der Waals surface area contributed by atoms with Crippen LogP contribution in [-0.4, -0.2) is 67.5 Å². The number of carboxylic acid groups (broad SMARTS) is 2. The third-order valence-corrected chi connectivity index (χ3v) is 6.65. The Bertz CT molecular complexity index is 500. The van der Waals surface area contributed by atoms with Crippen molar-refractivity contribution in [1.29, 1.82) is 0 Å². The van der Waals surface area contributed by atoms with Crippen LogP contribution in [0.5, 0.6) is 0 Å². The molecule has 0 saturated carbocycles. The van der Waals surface area contributed by atoms with Gasteiger partial charge in [-0.1, -0.05) is 135 Å². The second-order valence-corrected chi connectivity index (χ2v) is 10.2. The fraction of sp³-hybridized carbons (Fsp3) is 0.931. The molecule has 8 nitrogen and oxygen atoms in total. The molecule has 222 valence electrons. The van der Waals surface area contributed by atoms with E-state index in [1.165, 1.54) is 122 Å². The summed E-state index contributed by atoms with van der Waals surface area (Å²) >= 11 is 0. The van der Waals surface area contributed by atoms with Crippen molar-refractivity contribution in [3.8, 4) is 0 Å². The molecular formula is C29H58O8. The van der Waals surface area contributed by atoms with Crippen molar-refractivity contribution in [3.63, 3.8) is 0 Å². The van der Waals surface area contributed by atoms with Gasteiger partial charge in [-0.25, -0.2) is 4.79 Å². The zero-order chi connectivity index (χ0) is 28.2. The first-order chi connectivity index (χ1) is 17.8. The third-order valence-electron chi connectivity index (χ3n) is 6.65. The first-order valence-electron chi connectivity index (χ1n) is 14.9. The predicted molar refractivity (Wildman–Crippen MR) is 148 cm³/mol. The highest BCUT2D eigenvalue weighted by molar-refractivity contribution is 5.72. The third kappa shape index (κ3) is 29.2. The number of unbranched alkanes of at least 4 members (excludes halogenated alkanes) is 20. The molecule has 0 bridgehead atoms. The van der Waals surface area contributed by atoms with Crippen molar-refractivity contribution in [1.82, 2.24) is 0 Å². The number of hydrogen-bond donors (Lipinski definition) is 6. The van der Waals surface area contributed by atoms with E-state index in [2.05, 4.69) is 6.92 Å². The van der Waals surface area contributed by atoms with Crippen molar-refractivity contribution in [2.75, 3.05) is 6.61 Å². The van der Waals surface area contributed by atoms with E-state index in [4.69, 9.17) is 30.6 Å². The first-order valence-corrected chi connectivity index (χ1v) is 14.9. The second kappa shape index (κ2) is 29.3. The van der Waals surface area contributed by atoms with Gasteiger partial charge in [-0.05, 0) is 6.42 Å². The van der Waals surface area contributed by atoms with E-state index in [9.17, 15) is 9.59 Å². The molecule has 6 N–H and O–H groups in total. The van der Waals surface area contributed by atoms with Crippen molar-refractivity contribution >= 4 is 11.9 Å². The molecule has 0 aliphatic heterocycles. The summed E-state index contributed by atoms with van der Waals surface area (Å²) in [4.78, 5) is 20.4. The fourth-order valence-electron chi connectivity index (χ4n) is 4.17. The van der Waals surface area contributed by atoms with Crippen LogP contribution in [0.2, 0.25) is 0 Å². The maximum absolute atomic E-state index is 10.4. The van der Waals surface area contributed by atoms with Gasteiger partial charge in [0.25, 0.3) is 0 Å². The van der Waals surface area contributed by atoms with Gasteiger partial charge in [0, 0.05) is 6.42 Å². The van der Waals surface area contributed by atoms with Crippen LogP contribution in [0.4, 0.5) is 0 Å². The van der Waals surface area contributed by atoms with Crippen LogP contribution < -0.4 is 0 Å². The molecule has 0 aromatic carbocycles. The Hall–Kier alpha value is -1.22. The lowest BCUT2D eigenvalue weighted by atomic mass is 10.0. The van der Waals surface area contributed by atoms with E-state index < -0.39 is 36.9 Å². The zero-order valence-corrected chi connectivity index (χ0v) is 23.5. The van der Waals surface area contributed by atoms with Gasteiger partial charge in [0.2, 0.25) is 0 Å². The predicted octanol–water partition coefficient (Wildman–Crippen LogP) is 5.82. The highest BCUT2D eigenvalue weighted by atomic mass is 16.4. The molecule has 0 aliphatic carbocycles. The SMILES string of the molecule is CCCCCCCCCCCCCCCCCCCCCCCC(=O)O.O=C(O)[C@H](O)[C@@H](O)[C@H](O)CO. The number of hydrogen-bond acceptors (Lipinski definition) is 6. The first kappa shape index (κ1) is 37.9. The smallest absolute Gasteiger partial charge is 0.335 e. The number of aliphatic hydroxyl groups is 4. The van der Waals surface area contributed by atoms with Crippen LogP contribution in [0.15, 0.2) is 0 Å². The molecule has 3 atom stereocenters. The molecule has 37 heavy (non-hydrogen) atoms. The molecule has 0 saturated heterocycles. The number of aliphatic carboxylic acids is 2. The molecule has 0 spiro atoms. The molecule has 0 unspecified atom stereocenters. The largest absolute Gasteiger partial charge is 0.481 e. The van der Waals surface area contributed by atoms with Crippen molar-refractivity contribution in [2.24, 2.45) is 0 Å². The quantitative estimate of drug-likeness (QED) is 0.0758. The maximum atomic E-state index is 10.4. The number of aliphatic hydroxyl groups excluding tert-OH is 4. The normalized spacial score (nSPS) is 13.4. The standard InChI is InChI=1S/C24H48O2.C5H10O6/c1-2-3-4-5-6-7-8-9-10-11-12-13-14-15-16-17-18-19-20-21-22-23-24(25)26;6-1-2(7)3(8)4(9)5(10)11/h2-23H2,1H3,(H,25,26);2-4,6-9H,1H2,(H,10,11)/t;2-,3+,4-/m.1/s1. The van der Waals surface area contributed by atoms with Gasteiger partial charge in [-0.2, -0.15) is 0 Å². The minimum atomic E-state index is -2.07. The second-order valence-electron chi connectivity index (χ2n) is 10.2. The van der Waals surface area contributed by atoms with Gasteiger partial charge in [0.1, 0.15) is 12.2 Å². The Kier molecular flexibility index (Phi) is 30.1. The minimum Gasteiger partial charge on any atom is -0.481 e. The van der Waals surface area contributed by atoms with Gasteiger partial charge >= 0.3 is 11.9 Å². The van der Waals surface area contributed by atoms with Crippen LogP contribution >= 0.6 is 0 Å². The number of carboxylic acids is 2. The van der Waals surface area contributed by atoms with Gasteiger partial charge < -0.3 is 30.6 Å². The van der Waals surface area contributed by atoms with Crippen LogP contribution in [0.3, 0.4) is 0 Å². The van der Waals surface area contributed by atoms with E-state index in [0.29, 0.717) is 6.42 Å². The summed E-state index contributed by atoms with van der Waals surface area (Å²) in [5.74, 6) is -2.30. The molecule has 0 radical (unpaired) electrons. The average Bonchev–Trinajstić information content (AvgIpc) is 2.88. The Balaban J connectivity index is 0. The molecule has 0 fully saturated rings. The summed E-state index contributed by atoms with van der Waals surface area (Å²) < 4.78 is 0. The zero-order valence-electron chi connectivity index (χ0n) is 23.5. The molecule has 0 amide bonds. The van der Waals surface area contributed by atoms with E-state index in [1.807, 2.05) is 0 Å². The Morgan fingerprint density at radius 1 is 0.541 bits per heavy atom. The van der Waals surface area contributed by atoms with Crippen LogP contribution in [0, 0.1) is 0 Å². The van der Waals surface area contributed by atoms with Crippen LogP contribution in [0.1, 0.15) is 148 Å². The Morgan fingerprint density at radius 2 is 0.838 bits per heavy atom. The molecule has 0 rings (SSSR count). The number of rotatable bonds is 26. The van der Waals surface area contributed by atoms with Gasteiger partial charge in [0.15, 0.2) is 6.10 Å². The number of carbonyl (C=O) groups is 2. The van der Waals surface area contributed by atoms with Crippen LogP contribution in [-0.2, 0) is 9.59 Å². The van der Waals surface area contributed by atoms with Crippen molar-refractivity contribution in [3.05, 3.63) is 0 Å². The summed E-state index contributed by atoms with van der Waals surface area (Å²) in [7, 11) is 0. The summed E-state index contributed by atoms with van der Waals surface area (Å²) in [6.07, 6.45) is 23.5.